The van der Waals surface area contributed by atoms with Gasteiger partial charge in [-0.1, -0.05) is 18.2 Å². The summed E-state index contributed by atoms with van der Waals surface area (Å²) in [5.74, 6) is -0.00910. The maximum Gasteiger partial charge on any atom is 0.341 e. The second-order valence-corrected chi connectivity index (χ2v) is 6.77. The van der Waals surface area contributed by atoms with Crippen LogP contribution in [0.5, 0.6) is 5.75 Å². The van der Waals surface area contributed by atoms with E-state index in [4.69, 9.17) is 9.47 Å². The molecule has 0 bridgehead atoms. The third-order valence-electron chi connectivity index (χ3n) is 3.99. The number of pyridine rings is 1. The number of carbonyl (C=O) groups is 2. The highest BCUT2D eigenvalue weighted by molar-refractivity contribution is 7.15. The summed E-state index contributed by atoms with van der Waals surface area (Å²) >= 11 is 1.29. The van der Waals surface area contributed by atoms with Crippen LogP contribution >= 0.6 is 11.3 Å². The molecule has 3 aromatic rings. The van der Waals surface area contributed by atoms with Crippen LogP contribution in [0.4, 0.5) is 5.00 Å². The van der Waals surface area contributed by atoms with Crippen molar-refractivity contribution in [3.63, 3.8) is 0 Å². The van der Waals surface area contributed by atoms with Crippen molar-refractivity contribution in [3.8, 4) is 16.9 Å². The number of esters is 1. The van der Waals surface area contributed by atoms with Crippen LogP contribution in [0, 0.1) is 0 Å². The second-order valence-electron chi connectivity index (χ2n) is 5.89. The first-order valence-corrected chi connectivity index (χ1v) is 9.62. The second kappa shape index (κ2) is 9.14. The molecule has 0 radical (unpaired) electrons. The third kappa shape index (κ3) is 4.55. The number of anilines is 1. The molecule has 0 aliphatic rings. The van der Waals surface area contributed by atoms with Crippen LogP contribution in [-0.4, -0.2) is 30.6 Å². The fraction of sp³-hybridized carbons (Fsp3) is 0.190. The van der Waals surface area contributed by atoms with Crippen molar-refractivity contribution < 1.29 is 19.1 Å². The molecule has 0 aliphatic carbocycles. The number of ether oxygens (including phenoxy) is 2. The number of amides is 1. The van der Waals surface area contributed by atoms with Gasteiger partial charge in [-0.15, -0.1) is 11.3 Å². The number of benzene rings is 1. The quantitative estimate of drug-likeness (QED) is 0.606. The van der Waals surface area contributed by atoms with Crippen molar-refractivity contribution >= 4 is 28.2 Å². The van der Waals surface area contributed by atoms with Gasteiger partial charge in [-0.3, -0.25) is 9.78 Å². The van der Waals surface area contributed by atoms with Gasteiger partial charge in [0, 0.05) is 28.9 Å². The fourth-order valence-corrected chi connectivity index (χ4v) is 3.70. The normalized spacial score (nSPS) is 10.4. The number of rotatable bonds is 7. The van der Waals surface area contributed by atoms with E-state index < -0.39 is 5.97 Å². The summed E-state index contributed by atoms with van der Waals surface area (Å²) in [6.07, 6.45) is 3.50. The molecular formula is C21H20N2O4S. The maximum atomic E-state index is 12.6. The minimum atomic E-state index is -0.473. The van der Waals surface area contributed by atoms with Crippen molar-refractivity contribution in [1.82, 2.24) is 4.98 Å². The molecule has 0 atom stereocenters. The molecular weight excluding hydrogens is 376 g/mol. The number of hydrogen-bond acceptors (Lipinski definition) is 6. The number of hydrogen-bond donors (Lipinski definition) is 1. The van der Waals surface area contributed by atoms with E-state index in [0.29, 0.717) is 21.9 Å². The van der Waals surface area contributed by atoms with E-state index in [9.17, 15) is 9.59 Å². The number of thiophene rings is 1. The predicted molar refractivity (Wildman–Crippen MR) is 109 cm³/mol. The number of aromatic nitrogens is 1. The van der Waals surface area contributed by atoms with E-state index in [2.05, 4.69) is 10.3 Å². The summed E-state index contributed by atoms with van der Waals surface area (Å²) in [5.41, 5.74) is 2.64. The van der Waals surface area contributed by atoms with Crippen LogP contribution in [0.1, 0.15) is 22.8 Å². The van der Waals surface area contributed by atoms with Gasteiger partial charge < -0.3 is 14.8 Å². The molecule has 0 saturated carbocycles. The summed E-state index contributed by atoms with van der Waals surface area (Å²) in [6.45, 7) is 1.99. The Hall–Kier alpha value is -3.19. The lowest BCUT2D eigenvalue weighted by Gasteiger charge is -2.09. The highest BCUT2D eigenvalue weighted by atomic mass is 32.1. The molecule has 0 fully saturated rings. The zero-order valence-corrected chi connectivity index (χ0v) is 16.4. The highest BCUT2D eigenvalue weighted by Crippen LogP contribution is 2.36. The van der Waals surface area contributed by atoms with Gasteiger partial charge >= 0.3 is 5.97 Å². The zero-order chi connectivity index (χ0) is 19.9. The zero-order valence-electron chi connectivity index (χ0n) is 15.6. The van der Waals surface area contributed by atoms with E-state index in [0.717, 1.165) is 11.1 Å². The van der Waals surface area contributed by atoms with Crippen LogP contribution in [0.2, 0.25) is 0 Å². The number of nitrogens with one attached hydrogen (secondary N) is 1. The van der Waals surface area contributed by atoms with Crippen LogP contribution in [-0.2, 0) is 16.0 Å². The molecule has 2 heterocycles. The minimum Gasteiger partial charge on any atom is -0.497 e. The lowest BCUT2D eigenvalue weighted by Crippen LogP contribution is -2.16. The summed E-state index contributed by atoms with van der Waals surface area (Å²) in [4.78, 5) is 29.2. The Kier molecular flexibility index (Phi) is 6.39. The average Bonchev–Trinajstić information content (AvgIpc) is 3.12. The number of nitrogens with zero attached hydrogens (tertiary/aromatic N) is 1. The van der Waals surface area contributed by atoms with Gasteiger partial charge in [0.1, 0.15) is 16.3 Å². The molecule has 1 amide bonds. The average molecular weight is 396 g/mol. The van der Waals surface area contributed by atoms with Crippen molar-refractivity contribution in [2.45, 2.75) is 13.3 Å². The van der Waals surface area contributed by atoms with Crippen molar-refractivity contribution in [3.05, 3.63) is 65.3 Å². The van der Waals surface area contributed by atoms with E-state index in [1.165, 1.54) is 11.3 Å². The van der Waals surface area contributed by atoms with Gasteiger partial charge in [0.25, 0.3) is 0 Å². The molecule has 1 N–H and O–H groups in total. The molecule has 144 valence electrons. The molecule has 2 aromatic heterocycles. The Bertz CT molecular complexity index is 970. The van der Waals surface area contributed by atoms with E-state index in [1.807, 2.05) is 29.6 Å². The van der Waals surface area contributed by atoms with Crippen LogP contribution in [0.25, 0.3) is 11.1 Å². The Labute approximate surface area is 167 Å². The summed E-state index contributed by atoms with van der Waals surface area (Å²) in [7, 11) is 1.58. The molecule has 6 nitrogen and oxygen atoms in total. The third-order valence-corrected chi connectivity index (χ3v) is 4.89. The topological polar surface area (TPSA) is 77.5 Å². The molecule has 1 aromatic carbocycles. The Morgan fingerprint density at radius 2 is 2.07 bits per heavy atom. The minimum absolute atomic E-state index is 0.166. The van der Waals surface area contributed by atoms with E-state index >= 15 is 0 Å². The Balaban J connectivity index is 1.85. The summed E-state index contributed by atoms with van der Waals surface area (Å²) < 4.78 is 10.4. The lowest BCUT2D eigenvalue weighted by atomic mass is 10.1. The number of carbonyl (C=O) groups excluding carboxylic acids is 2. The van der Waals surface area contributed by atoms with Gasteiger partial charge in [-0.2, -0.15) is 0 Å². The van der Waals surface area contributed by atoms with Crippen molar-refractivity contribution in [1.29, 1.82) is 0 Å². The molecule has 0 unspecified atom stereocenters. The molecule has 0 saturated heterocycles. The first kappa shape index (κ1) is 19.6. The molecule has 28 heavy (non-hydrogen) atoms. The first-order valence-electron chi connectivity index (χ1n) is 8.74. The van der Waals surface area contributed by atoms with E-state index in [-0.39, 0.29) is 18.9 Å². The Morgan fingerprint density at radius 3 is 2.79 bits per heavy atom. The van der Waals surface area contributed by atoms with Crippen molar-refractivity contribution in [2.75, 3.05) is 19.0 Å². The monoisotopic (exact) mass is 396 g/mol. The molecule has 0 spiro atoms. The summed E-state index contributed by atoms with van der Waals surface area (Å²) in [6, 6.07) is 11.0. The van der Waals surface area contributed by atoms with Crippen molar-refractivity contribution in [2.24, 2.45) is 0 Å². The van der Waals surface area contributed by atoms with Crippen LogP contribution in [0.15, 0.2) is 54.2 Å². The van der Waals surface area contributed by atoms with Crippen LogP contribution in [0.3, 0.4) is 0 Å². The van der Waals surface area contributed by atoms with E-state index in [1.54, 1.807) is 38.6 Å². The highest BCUT2D eigenvalue weighted by Gasteiger charge is 2.23. The summed E-state index contributed by atoms with van der Waals surface area (Å²) in [5, 5.41) is 5.13. The smallest absolute Gasteiger partial charge is 0.341 e. The maximum absolute atomic E-state index is 12.6. The molecule has 0 aliphatic heterocycles. The first-order chi connectivity index (χ1) is 13.6. The SMILES string of the molecule is CCOC(=O)c1c(-c2cccnc2)csc1NC(=O)Cc1cccc(OC)c1. The molecule has 3 rings (SSSR count). The van der Waals surface area contributed by atoms with Gasteiger partial charge in [0.05, 0.1) is 20.1 Å². The lowest BCUT2D eigenvalue weighted by molar-refractivity contribution is -0.115. The fourth-order valence-electron chi connectivity index (χ4n) is 2.73. The van der Waals surface area contributed by atoms with Gasteiger partial charge in [0.15, 0.2) is 0 Å². The van der Waals surface area contributed by atoms with Gasteiger partial charge in [-0.05, 0) is 30.7 Å². The molecule has 7 heteroatoms. The predicted octanol–water partition coefficient (Wildman–Crippen LogP) is 4.18. The number of methoxy groups -OCH3 is 1. The Morgan fingerprint density at radius 1 is 1.21 bits per heavy atom. The van der Waals surface area contributed by atoms with Gasteiger partial charge in [-0.25, -0.2) is 4.79 Å². The van der Waals surface area contributed by atoms with Gasteiger partial charge in [0.2, 0.25) is 5.91 Å². The van der Waals surface area contributed by atoms with Crippen LogP contribution < -0.4 is 10.1 Å². The largest absolute Gasteiger partial charge is 0.497 e. The standard InChI is InChI=1S/C21H20N2O4S/c1-3-27-21(25)19-17(15-7-5-9-22-12-15)13-28-20(19)23-18(24)11-14-6-4-8-16(10-14)26-2/h4-10,12-13H,3,11H2,1-2H3,(H,23,24).